The van der Waals surface area contributed by atoms with Crippen molar-refractivity contribution < 1.29 is 13.9 Å². The maximum absolute atomic E-state index is 12.9. The SMILES string of the molecule is O=C(Nc1ncc(Cc2ccc(F)cc2)s1)C1CCOCC1. The van der Waals surface area contributed by atoms with Crippen LogP contribution in [0.2, 0.25) is 0 Å². The van der Waals surface area contributed by atoms with Crippen molar-refractivity contribution in [3.8, 4) is 0 Å². The molecule has 1 amide bonds. The maximum atomic E-state index is 12.9. The summed E-state index contributed by atoms with van der Waals surface area (Å²) in [6.45, 7) is 1.29. The van der Waals surface area contributed by atoms with Gasteiger partial charge in [-0.2, -0.15) is 0 Å². The molecule has 1 fully saturated rings. The van der Waals surface area contributed by atoms with Crippen LogP contribution < -0.4 is 5.32 Å². The summed E-state index contributed by atoms with van der Waals surface area (Å²) < 4.78 is 18.1. The summed E-state index contributed by atoms with van der Waals surface area (Å²) in [5.74, 6) is -0.207. The van der Waals surface area contributed by atoms with Gasteiger partial charge in [-0.15, -0.1) is 11.3 Å². The van der Waals surface area contributed by atoms with E-state index in [0.717, 1.165) is 23.3 Å². The monoisotopic (exact) mass is 320 g/mol. The molecule has 2 aromatic rings. The Morgan fingerprint density at radius 2 is 2.05 bits per heavy atom. The van der Waals surface area contributed by atoms with Crippen LogP contribution in [0.1, 0.15) is 23.3 Å². The number of carbonyl (C=O) groups excluding carboxylic acids is 1. The first-order valence-electron chi connectivity index (χ1n) is 7.28. The van der Waals surface area contributed by atoms with Gasteiger partial charge in [0.05, 0.1) is 0 Å². The quantitative estimate of drug-likeness (QED) is 0.941. The van der Waals surface area contributed by atoms with Crippen LogP contribution in [0.3, 0.4) is 0 Å². The summed E-state index contributed by atoms with van der Waals surface area (Å²) in [6.07, 6.45) is 3.97. The van der Waals surface area contributed by atoms with E-state index in [0.29, 0.717) is 24.8 Å². The lowest BCUT2D eigenvalue weighted by atomic mass is 10.00. The Morgan fingerprint density at radius 1 is 1.32 bits per heavy atom. The molecule has 3 rings (SSSR count). The number of hydrogen-bond acceptors (Lipinski definition) is 4. The van der Waals surface area contributed by atoms with Gasteiger partial charge in [0.25, 0.3) is 0 Å². The van der Waals surface area contributed by atoms with Gasteiger partial charge in [0.15, 0.2) is 5.13 Å². The molecule has 1 aromatic heterocycles. The van der Waals surface area contributed by atoms with E-state index in [2.05, 4.69) is 10.3 Å². The highest BCUT2D eigenvalue weighted by atomic mass is 32.1. The summed E-state index contributed by atoms with van der Waals surface area (Å²) in [7, 11) is 0. The third-order valence-electron chi connectivity index (χ3n) is 3.67. The van der Waals surface area contributed by atoms with E-state index in [1.165, 1.54) is 23.5 Å². The Morgan fingerprint density at radius 3 is 2.77 bits per heavy atom. The summed E-state index contributed by atoms with van der Waals surface area (Å²) in [5.41, 5.74) is 1.02. The lowest BCUT2D eigenvalue weighted by Crippen LogP contribution is -2.28. The van der Waals surface area contributed by atoms with Gasteiger partial charge in [-0.3, -0.25) is 4.79 Å². The van der Waals surface area contributed by atoms with Gasteiger partial charge in [0.2, 0.25) is 5.91 Å². The zero-order valence-corrected chi connectivity index (χ0v) is 12.9. The fourth-order valence-electron chi connectivity index (χ4n) is 2.42. The maximum Gasteiger partial charge on any atom is 0.229 e. The zero-order chi connectivity index (χ0) is 15.4. The Kier molecular flexibility index (Phi) is 4.80. The van der Waals surface area contributed by atoms with Crippen LogP contribution in [-0.4, -0.2) is 24.1 Å². The molecular formula is C16H17FN2O2S. The Bertz CT molecular complexity index is 636. The first kappa shape index (κ1) is 15.1. The molecule has 6 heteroatoms. The number of ether oxygens (including phenoxy) is 1. The number of aromatic nitrogens is 1. The number of nitrogens with zero attached hydrogens (tertiary/aromatic N) is 1. The Hall–Kier alpha value is -1.79. The largest absolute Gasteiger partial charge is 0.381 e. The number of rotatable bonds is 4. The van der Waals surface area contributed by atoms with E-state index < -0.39 is 0 Å². The normalized spacial score (nSPS) is 15.7. The average Bonchev–Trinajstić information content (AvgIpc) is 2.97. The fourth-order valence-corrected chi connectivity index (χ4v) is 3.27. The van der Waals surface area contributed by atoms with Gasteiger partial charge >= 0.3 is 0 Å². The number of hydrogen-bond donors (Lipinski definition) is 1. The van der Waals surface area contributed by atoms with Crippen LogP contribution in [-0.2, 0) is 16.0 Å². The molecule has 4 nitrogen and oxygen atoms in total. The van der Waals surface area contributed by atoms with Crippen LogP contribution in [0, 0.1) is 11.7 Å². The number of halogens is 1. The van der Waals surface area contributed by atoms with Crippen LogP contribution in [0.25, 0.3) is 0 Å². The highest BCUT2D eigenvalue weighted by Crippen LogP contribution is 2.23. The average molecular weight is 320 g/mol. The van der Waals surface area contributed by atoms with Crippen molar-refractivity contribution in [2.24, 2.45) is 5.92 Å². The lowest BCUT2D eigenvalue weighted by molar-refractivity contribution is -0.122. The van der Waals surface area contributed by atoms with E-state index in [1.54, 1.807) is 18.3 Å². The van der Waals surface area contributed by atoms with Crippen molar-refractivity contribution in [2.75, 3.05) is 18.5 Å². The summed E-state index contributed by atoms with van der Waals surface area (Å²) in [5, 5.41) is 3.50. The van der Waals surface area contributed by atoms with Crippen molar-refractivity contribution in [3.05, 3.63) is 46.7 Å². The van der Waals surface area contributed by atoms with Crippen LogP contribution in [0.4, 0.5) is 9.52 Å². The van der Waals surface area contributed by atoms with E-state index >= 15 is 0 Å². The molecule has 1 aromatic carbocycles. The molecule has 0 aliphatic carbocycles. The second-order valence-electron chi connectivity index (χ2n) is 5.31. The topological polar surface area (TPSA) is 51.2 Å². The predicted molar refractivity (Wildman–Crippen MR) is 83.5 cm³/mol. The molecule has 0 saturated carbocycles. The van der Waals surface area contributed by atoms with Crippen molar-refractivity contribution in [1.82, 2.24) is 4.98 Å². The molecule has 0 atom stereocenters. The van der Waals surface area contributed by atoms with Gasteiger partial charge in [-0.25, -0.2) is 9.37 Å². The first-order valence-corrected chi connectivity index (χ1v) is 8.10. The Labute approximate surface area is 132 Å². The predicted octanol–water partition coefficient (Wildman–Crippen LogP) is 3.24. The minimum Gasteiger partial charge on any atom is -0.381 e. The van der Waals surface area contributed by atoms with Crippen LogP contribution in [0.15, 0.2) is 30.5 Å². The van der Waals surface area contributed by atoms with E-state index in [-0.39, 0.29) is 17.6 Å². The highest BCUT2D eigenvalue weighted by Gasteiger charge is 2.22. The molecule has 1 aliphatic rings. The van der Waals surface area contributed by atoms with Gasteiger partial charge in [0.1, 0.15) is 5.82 Å². The second kappa shape index (κ2) is 6.98. The van der Waals surface area contributed by atoms with E-state index in [4.69, 9.17) is 4.74 Å². The zero-order valence-electron chi connectivity index (χ0n) is 12.0. The minimum atomic E-state index is -0.238. The molecule has 0 spiro atoms. The molecule has 0 bridgehead atoms. The van der Waals surface area contributed by atoms with Crippen molar-refractivity contribution in [3.63, 3.8) is 0 Å². The van der Waals surface area contributed by atoms with Gasteiger partial charge in [0, 0.05) is 36.6 Å². The Balaban J connectivity index is 1.58. The number of carbonyl (C=O) groups is 1. The molecule has 1 N–H and O–H groups in total. The van der Waals surface area contributed by atoms with Gasteiger partial charge < -0.3 is 10.1 Å². The molecule has 1 aliphatic heterocycles. The summed E-state index contributed by atoms with van der Waals surface area (Å²) in [6, 6.07) is 6.42. The molecule has 0 unspecified atom stereocenters. The first-order chi connectivity index (χ1) is 10.7. The smallest absolute Gasteiger partial charge is 0.229 e. The lowest BCUT2D eigenvalue weighted by Gasteiger charge is -2.20. The van der Waals surface area contributed by atoms with Crippen LogP contribution in [0.5, 0.6) is 0 Å². The van der Waals surface area contributed by atoms with Crippen LogP contribution >= 0.6 is 11.3 Å². The molecule has 2 heterocycles. The third-order valence-corrected chi connectivity index (χ3v) is 4.58. The van der Waals surface area contributed by atoms with Crippen molar-refractivity contribution in [1.29, 1.82) is 0 Å². The minimum absolute atomic E-state index is 0.0122. The van der Waals surface area contributed by atoms with E-state index in [9.17, 15) is 9.18 Å². The third kappa shape index (κ3) is 3.90. The number of thiazole rings is 1. The molecular weight excluding hydrogens is 303 g/mol. The fraction of sp³-hybridized carbons (Fsp3) is 0.375. The van der Waals surface area contributed by atoms with E-state index in [1.807, 2.05) is 0 Å². The number of nitrogens with one attached hydrogen (secondary N) is 1. The molecule has 1 saturated heterocycles. The number of benzene rings is 1. The second-order valence-corrected chi connectivity index (χ2v) is 6.43. The number of anilines is 1. The van der Waals surface area contributed by atoms with Gasteiger partial charge in [-0.1, -0.05) is 12.1 Å². The molecule has 0 radical (unpaired) electrons. The standard InChI is InChI=1S/C16H17FN2O2S/c17-13-3-1-11(2-4-13)9-14-10-18-16(22-14)19-15(20)12-5-7-21-8-6-12/h1-4,10,12H,5-9H2,(H,18,19,20). The van der Waals surface area contributed by atoms with Crippen molar-refractivity contribution in [2.45, 2.75) is 19.3 Å². The summed E-state index contributed by atoms with van der Waals surface area (Å²) in [4.78, 5) is 17.4. The molecule has 22 heavy (non-hydrogen) atoms. The summed E-state index contributed by atoms with van der Waals surface area (Å²) >= 11 is 1.46. The molecule has 116 valence electrons. The van der Waals surface area contributed by atoms with Crippen molar-refractivity contribution >= 4 is 22.4 Å². The highest BCUT2D eigenvalue weighted by molar-refractivity contribution is 7.15. The number of amides is 1. The van der Waals surface area contributed by atoms with Gasteiger partial charge in [-0.05, 0) is 30.5 Å².